The molecule has 2 aromatic carbocycles. The number of phenolic OH excluding ortho intramolecular Hbond substituents is 1. The molecule has 3 rings (SSSR count). The topological polar surface area (TPSA) is 90.0 Å². The fourth-order valence-electron chi connectivity index (χ4n) is 3.21. The molecule has 0 aromatic heterocycles. The summed E-state index contributed by atoms with van der Waals surface area (Å²) in [4.78, 5) is 40.5. The number of aromatic hydroxyl groups is 1. The van der Waals surface area contributed by atoms with Crippen molar-refractivity contribution < 1.29 is 19.5 Å². The number of halogens is 1. The molecule has 2 aromatic rings. The lowest BCUT2D eigenvalue weighted by Crippen LogP contribution is -2.54. The van der Waals surface area contributed by atoms with Crippen LogP contribution < -0.4 is 15.1 Å². The Kier molecular flexibility index (Phi) is 6.12. The molecule has 0 unspecified atom stereocenters. The number of rotatable bonds is 5. The van der Waals surface area contributed by atoms with Crippen LogP contribution in [0.4, 0.5) is 16.2 Å². The second-order valence-corrected chi connectivity index (χ2v) is 7.21. The first-order valence-electron chi connectivity index (χ1n) is 9.52. The molecule has 0 atom stereocenters. The van der Waals surface area contributed by atoms with Crippen LogP contribution in [-0.2, 0) is 9.59 Å². The first-order chi connectivity index (χ1) is 14.3. The van der Waals surface area contributed by atoms with Crippen molar-refractivity contribution in [2.45, 2.75) is 20.8 Å². The van der Waals surface area contributed by atoms with Crippen LogP contribution >= 0.6 is 11.6 Å². The summed E-state index contributed by atoms with van der Waals surface area (Å²) in [5.74, 6) is -1.70. The van der Waals surface area contributed by atoms with Gasteiger partial charge in [0.15, 0.2) is 0 Å². The van der Waals surface area contributed by atoms with Gasteiger partial charge in [-0.15, -0.1) is 0 Å². The average molecular weight is 428 g/mol. The maximum atomic E-state index is 13.0. The molecule has 7 nitrogen and oxygen atoms in total. The number of aryl methyl sites for hydroxylation is 1. The third-order valence-electron chi connectivity index (χ3n) is 4.96. The Morgan fingerprint density at radius 3 is 2.40 bits per heavy atom. The van der Waals surface area contributed by atoms with Crippen LogP contribution in [0.15, 0.2) is 42.0 Å². The summed E-state index contributed by atoms with van der Waals surface area (Å²) < 4.78 is 0. The molecule has 156 valence electrons. The van der Waals surface area contributed by atoms with E-state index in [-0.39, 0.29) is 17.0 Å². The Morgan fingerprint density at radius 2 is 1.80 bits per heavy atom. The second kappa shape index (κ2) is 8.59. The molecule has 2 N–H and O–H groups in total. The van der Waals surface area contributed by atoms with E-state index in [0.29, 0.717) is 10.6 Å². The van der Waals surface area contributed by atoms with Gasteiger partial charge in [-0.25, -0.2) is 9.69 Å². The zero-order valence-corrected chi connectivity index (χ0v) is 17.7. The van der Waals surface area contributed by atoms with Crippen molar-refractivity contribution in [1.29, 1.82) is 0 Å². The molecular weight excluding hydrogens is 406 g/mol. The average Bonchev–Trinajstić information content (AvgIpc) is 2.70. The van der Waals surface area contributed by atoms with Crippen molar-refractivity contribution in [2.24, 2.45) is 0 Å². The number of hydrogen-bond acceptors (Lipinski definition) is 5. The van der Waals surface area contributed by atoms with Crippen molar-refractivity contribution in [2.75, 3.05) is 22.9 Å². The lowest BCUT2D eigenvalue weighted by molar-refractivity contribution is -0.122. The van der Waals surface area contributed by atoms with Gasteiger partial charge in [0.05, 0.1) is 5.69 Å². The molecule has 30 heavy (non-hydrogen) atoms. The van der Waals surface area contributed by atoms with Crippen LogP contribution in [0.5, 0.6) is 5.75 Å². The lowest BCUT2D eigenvalue weighted by atomic mass is 10.0. The first-order valence-corrected chi connectivity index (χ1v) is 9.90. The molecular formula is C22H22ClN3O4. The molecule has 1 fully saturated rings. The Balaban J connectivity index is 1.99. The van der Waals surface area contributed by atoms with Crippen LogP contribution in [0.1, 0.15) is 25.0 Å². The first kappa shape index (κ1) is 21.4. The van der Waals surface area contributed by atoms with Crippen LogP contribution in [0.25, 0.3) is 6.08 Å². The Bertz CT molecular complexity index is 1060. The number of carbonyl (C=O) groups excluding carboxylic acids is 3. The molecule has 0 bridgehead atoms. The van der Waals surface area contributed by atoms with E-state index >= 15 is 0 Å². The highest BCUT2D eigenvalue weighted by atomic mass is 35.5. The molecule has 4 amide bonds. The minimum Gasteiger partial charge on any atom is -0.507 e. The van der Waals surface area contributed by atoms with Gasteiger partial charge in [0.25, 0.3) is 11.8 Å². The van der Waals surface area contributed by atoms with Gasteiger partial charge in [-0.1, -0.05) is 17.7 Å². The lowest BCUT2D eigenvalue weighted by Gasteiger charge is -2.26. The fourth-order valence-corrected chi connectivity index (χ4v) is 3.38. The van der Waals surface area contributed by atoms with E-state index in [0.717, 1.165) is 29.2 Å². The normalized spacial score (nSPS) is 15.5. The van der Waals surface area contributed by atoms with Gasteiger partial charge in [-0.2, -0.15) is 0 Å². The summed E-state index contributed by atoms with van der Waals surface area (Å²) in [5.41, 5.74) is 1.88. The number of nitrogens with one attached hydrogen (secondary N) is 1. The van der Waals surface area contributed by atoms with Gasteiger partial charge < -0.3 is 10.0 Å². The SMILES string of the molecule is CCN(CC)c1ccc(/C=C2/C(=O)NC(=O)N(c3ccc(C)c(Cl)c3)C2=O)c(O)c1. The molecule has 0 spiro atoms. The predicted octanol–water partition coefficient (Wildman–Crippen LogP) is 3.87. The molecule has 8 heteroatoms. The summed E-state index contributed by atoms with van der Waals surface area (Å²) in [5, 5.41) is 13.0. The van der Waals surface area contributed by atoms with E-state index in [1.165, 1.54) is 12.1 Å². The maximum absolute atomic E-state index is 13.0. The smallest absolute Gasteiger partial charge is 0.335 e. The van der Waals surface area contributed by atoms with Crippen LogP contribution in [0.3, 0.4) is 0 Å². The molecule has 0 saturated carbocycles. The minimum absolute atomic E-state index is 0.0747. The summed E-state index contributed by atoms with van der Waals surface area (Å²) >= 11 is 6.12. The van der Waals surface area contributed by atoms with Gasteiger partial charge in [-0.05, 0) is 56.7 Å². The molecule has 1 saturated heterocycles. The van der Waals surface area contributed by atoms with Crippen molar-refractivity contribution in [1.82, 2.24) is 5.32 Å². The number of hydrogen-bond donors (Lipinski definition) is 2. The Labute approximate surface area is 179 Å². The predicted molar refractivity (Wildman–Crippen MR) is 117 cm³/mol. The highest BCUT2D eigenvalue weighted by molar-refractivity contribution is 6.39. The van der Waals surface area contributed by atoms with Crippen molar-refractivity contribution >= 4 is 46.9 Å². The van der Waals surface area contributed by atoms with E-state index < -0.39 is 17.8 Å². The number of imide groups is 2. The number of carbonyl (C=O) groups is 3. The highest BCUT2D eigenvalue weighted by Crippen LogP contribution is 2.29. The molecule has 1 aliphatic heterocycles. The number of benzene rings is 2. The van der Waals surface area contributed by atoms with Crippen molar-refractivity contribution in [3.8, 4) is 5.75 Å². The second-order valence-electron chi connectivity index (χ2n) is 6.81. The monoisotopic (exact) mass is 427 g/mol. The third kappa shape index (κ3) is 4.02. The van der Waals surface area contributed by atoms with E-state index in [1.54, 1.807) is 37.3 Å². The van der Waals surface area contributed by atoms with Gasteiger partial charge in [-0.3, -0.25) is 14.9 Å². The Hall–Kier alpha value is -3.32. The summed E-state index contributed by atoms with van der Waals surface area (Å²) in [7, 11) is 0. The van der Waals surface area contributed by atoms with E-state index in [2.05, 4.69) is 10.2 Å². The largest absolute Gasteiger partial charge is 0.507 e. The number of anilines is 2. The number of phenols is 1. The number of amides is 4. The number of barbiturate groups is 1. The maximum Gasteiger partial charge on any atom is 0.335 e. The fraction of sp³-hybridized carbons (Fsp3) is 0.227. The zero-order valence-electron chi connectivity index (χ0n) is 16.9. The van der Waals surface area contributed by atoms with E-state index in [4.69, 9.17) is 11.6 Å². The number of urea groups is 1. The third-order valence-corrected chi connectivity index (χ3v) is 5.36. The minimum atomic E-state index is -0.858. The standard InChI is InChI=1S/C22H22ClN3O4/c1-4-25(5-2)15-9-7-14(19(27)12-15)10-17-20(28)24-22(30)26(21(17)29)16-8-6-13(3)18(23)11-16/h6-12,27H,4-5H2,1-3H3,(H,24,28,30)/b17-10-. The summed E-state index contributed by atoms with van der Waals surface area (Å²) in [6.07, 6.45) is 1.27. The summed E-state index contributed by atoms with van der Waals surface area (Å²) in [6.45, 7) is 7.35. The molecule has 1 aliphatic rings. The molecule has 0 aliphatic carbocycles. The van der Waals surface area contributed by atoms with Gasteiger partial charge in [0.2, 0.25) is 0 Å². The zero-order chi connectivity index (χ0) is 22.0. The Morgan fingerprint density at radius 1 is 1.10 bits per heavy atom. The summed E-state index contributed by atoms with van der Waals surface area (Å²) in [6, 6.07) is 8.87. The molecule has 1 heterocycles. The van der Waals surface area contributed by atoms with Crippen molar-refractivity contribution in [3.05, 3.63) is 58.1 Å². The van der Waals surface area contributed by atoms with E-state index in [9.17, 15) is 19.5 Å². The van der Waals surface area contributed by atoms with Crippen LogP contribution in [0, 0.1) is 6.92 Å². The quantitative estimate of drug-likeness (QED) is 0.558. The van der Waals surface area contributed by atoms with Gasteiger partial charge >= 0.3 is 6.03 Å². The van der Waals surface area contributed by atoms with Crippen molar-refractivity contribution in [3.63, 3.8) is 0 Å². The van der Waals surface area contributed by atoms with Gasteiger partial charge in [0, 0.05) is 35.4 Å². The van der Waals surface area contributed by atoms with E-state index in [1.807, 2.05) is 13.8 Å². The van der Waals surface area contributed by atoms with Gasteiger partial charge in [0.1, 0.15) is 11.3 Å². The van der Waals surface area contributed by atoms with Crippen LogP contribution in [-0.4, -0.2) is 36.0 Å². The highest BCUT2D eigenvalue weighted by Gasteiger charge is 2.37. The van der Waals surface area contributed by atoms with Crippen LogP contribution in [0.2, 0.25) is 5.02 Å². The number of nitrogens with zero attached hydrogens (tertiary/aromatic N) is 2. The molecule has 0 radical (unpaired) electrons.